The minimum atomic E-state index is -0.107. The summed E-state index contributed by atoms with van der Waals surface area (Å²) >= 11 is 0. The predicted molar refractivity (Wildman–Crippen MR) is 91.0 cm³/mol. The van der Waals surface area contributed by atoms with E-state index < -0.39 is 0 Å². The van der Waals surface area contributed by atoms with E-state index in [0.717, 1.165) is 29.0 Å². The Bertz CT molecular complexity index is 744. The Morgan fingerprint density at radius 1 is 1.46 bits per heavy atom. The van der Waals surface area contributed by atoms with Gasteiger partial charge in [-0.05, 0) is 31.2 Å². The number of aromatic nitrogens is 1. The van der Waals surface area contributed by atoms with Crippen molar-refractivity contribution in [1.29, 1.82) is 0 Å². The lowest BCUT2D eigenvalue weighted by Gasteiger charge is -2.12. The number of fused-ring (bicyclic) bond motifs is 1. The van der Waals surface area contributed by atoms with Gasteiger partial charge in [-0.25, -0.2) is 0 Å². The van der Waals surface area contributed by atoms with Crippen molar-refractivity contribution in [3.05, 3.63) is 47.3 Å². The molecule has 1 aliphatic rings. The lowest BCUT2D eigenvalue weighted by atomic mass is 10.1. The van der Waals surface area contributed by atoms with Gasteiger partial charge in [-0.2, -0.15) is 0 Å². The van der Waals surface area contributed by atoms with Crippen LogP contribution in [0.25, 0.3) is 0 Å². The first-order valence-electron chi connectivity index (χ1n) is 7.88. The summed E-state index contributed by atoms with van der Waals surface area (Å²) in [6.07, 6.45) is 2.80. The largest absolute Gasteiger partial charge is 0.496 e. The Balaban J connectivity index is 1.64. The fourth-order valence-corrected chi connectivity index (χ4v) is 2.77. The van der Waals surface area contributed by atoms with Crippen LogP contribution in [0.3, 0.4) is 0 Å². The number of hydrogen-bond acceptors (Lipinski definition) is 5. The average molecular weight is 327 g/mol. The van der Waals surface area contributed by atoms with Crippen molar-refractivity contribution in [3.8, 4) is 11.5 Å². The maximum absolute atomic E-state index is 12.1. The molecule has 1 aromatic heterocycles. The molecule has 126 valence electrons. The molecule has 1 atom stereocenters. The number of nitrogens with two attached hydrogens (primary N) is 1. The summed E-state index contributed by atoms with van der Waals surface area (Å²) in [7, 11) is 1.63. The van der Waals surface area contributed by atoms with E-state index in [-0.39, 0.29) is 18.4 Å². The summed E-state index contributed by atoms with van der Waals surface area (Å²) < 4.78 is 11.2. The van der Waals surface area contributed by atoms with Crippen molar-refractivity contribution in [2.75, 3.05) is 12.8 Å². The van der Waals surface area contributed by atoms with Gasteiger partial charge in [0.2, 0.25) is 5.91 Å². The highest BCUT2D eigenvalue weighted by atomic mass is 16.5. The topological polar surface area (TPSA) is 86.5 Å². The SMILES string of the molecule is COc1cc2c(cc1CNC(=O)Cc1ccc(N)cn1)OC(C)C2. The number of nitrogen functional groups attached to an aromatic ring is 1. The van der Waals surface area contributed by atoms with Crippen molar-refractivity contribution in [1.82, 2.24) is 10.3 Å². The van der Waals surface area contributed by atoms with Crippen molar-refractivity contribution in [2.45, 2.75) is 32.4 Å². The monoisotopic (exact) mass is 327 g/mol. The molecule has 0 saturated heterocycles. The van der Waals surface area contributed by atoms with Crippen LogP contribution in [0, 0.1) is 0 Å². The average Bonchev–Trinajstić information content (AvgIpc) is 2.93. The van der Waals surface area contributed by atoms with Gasteiger partial charge < -0.3 is 20.5 Å². The van der Waals surface area contributed by atoms with Gasteiger partial charge >= 0.3 is 0 Å². The number of amides is 1. The second-order valence-electron chi connectivity index (χ2n) is 5.94. The van der Waals surface area contributed by atoms with Gasteiger partial charge in [0, 0.05) is 29.8 Å². The number of anilines is 1. The fraction of sp³-hybridized carbons (Fsp3) is 0.333. The minimum absolute atomic E-state index is 0.107. The van der Waals surface area contributed by atoms with Gasteiger partial charge in [-0.15, -0.1) is 0 Å². The molecule has 0 aliphatic carbocycles. The van der Waals surface area contributed by atoms with E-state index in [2.05, 4.69) is 10.3 Å². The molecule has 6 heteroatoms. The molecule has 0 bridgehead atoms. The fourth-order valence-electron chi connectivity index (χ4n) is 2.77. The first kappa shape index (κ1) is 16.1. The van der Waals surface area contributed by atoms with E-state index in [9.17, 15) is 4.79 Å². The maximum Gasteiger partial charge on any atom is 0.226 e. The molecule has 0 saturated carbocycles. The first-order chi connectivity index (χ1) is 11.5. The van der Waals surface area contributed by atoms with Crippen molar-refractivity contribution in [2.24, 2.45) is 0 Å². The van der Waals surface area contributed by atoms with Gasteiger partial charge in [0.15, 0.2) is 0 Å². The third-order valence-corrected chi connectivity index (χ3v) is 3.96. The third kappa shape index (κ3) is 3.59. The third-order valence-electron chi connectivity index (χ3n) is 3.96. The summed E-state index contributed by atoms with van der Waals surface area (Å²) in [6.45, 7) is 2.41. The highest BCUT2D eigenvalue weighted by Gasteiger charge is 2.21. The molecule has 1 unspecified atom stereocenters. The van der Waals surface area contributed by atoms with E-state index in [1.165, 1.54) is 0 Å². The zero-order valence-corrected chi connectivity index (χ0v) is 13.8. The highest BCUT2D eigenvalue weighted by molar-refractivity contribution is 5.78. The first-order valence-corrected chi connectivity index (χ1v) is 7.88. The smallest absolute Gasteiger partial charge is 0.226 e. The summed E-state index contributed by atoms with van der Waals surface area (Å²) in [5, 5.41) is 2.89. The molecule has 3 N–H and O–H groups in total. The molecule has 0 radical (unpaired) electrons. The number of nitrogens with one attached hydrogen (secondary N) is 1. The van der Waals surface area contributed by atoms with Crippen LogP contribution in [0.1, 0.15) is 23.7 Å². The molecule has 2 heterocycles. The minimum Gasteiger partial charge on any atom is -0.496 e. The quantitative estimate of drug-likeness (QED) is 0.875. The highest BCUT2D eigenvalue weighted by Crippen LogP contribution is 2.34. The summed E-state index contributed by atoms with van der Waals surface area (Å²) in [4.78, 5) is 16.2. The molecule has 0 fully saturated rings. The van der Waals surface area contributed by atoms with Crippen LogP contribution in [0.15, 0.2) is 30.5 Å². The molecule has 1 aliphatic heterocycles. The van der Waals surface area contributed by atoms with Crippen molar-refractivity contribution in [3.63, 3.8) is 0 Å². The molecule has 1 amide bonds. The Kier molecular flexibility index (Phi) is 4.55. The molecule has 3 rings (SSSR count). The summed E-state index contributed by atoms with van der Waals surface area (Å²) in [6, 6.07) is 7.42. The lowest BCUT2D eigenvalue weighted by molar-refractivity contribution is -0.120. The van der Waals surface area contributed by atoms with E-state index >= 15 is 0 Å². The van der Waals surface area contributed by atoms with Gasteiger partial charge in [0.1, 0.15) is 17.6 Å². The summed E-state index contributed by atoms with van der Waals surface area (Å²) in [5.41, 5.74) is 8.88. The summed E-state index contributed by atoms with van der Waals surface area (Å²) in [5.74, 6) is 1.52. The van der Waals surface area contributed by atoms with E-state index in [0.29, 0.717) is 17.9 Å². The number of hydrogen-bond donors (Lipinski definition) is 2. The normalized spacial score (nSPS) is 15.5. The van der Waals surface area contributed by atoms with E-state index in [1.54, 1.807) is 25.4 Å². The van der Waals surface area contributed by atoms with Crippen LogP contribution < -0.4 is 20.5 Å². The molecule has 6 nitrogen and oxygen atoms in total. The number of benzene rings is 1. The van der Waals surface area contributed by atoms with E-state index in [1.807, 2.05) is 19.1 Å². The van der Waals surface area contributed by atoms with Gasteiger partial charge in [0.05, 0.1) is 25.4 Å². The van der Waals surface area contributed by atoms with Crippen molar-refractivity contribution < 1.29 is 14.3 Å². The second-order valence-corrected chi connectivity index (χ2v) is 5.94. The van der Waals surface area contributed by atoms with E-state index in [4.69, 9.17) is 15.2 Å². The van der Waals surface area contributed by atoms with Crippen molar-refractivity contribution >= 4 is 11.6 Å². The van der Waals surface area contributed by atoms with Crippen LogP contribution in [0.2, 0.25) is 0 Å². The Hall–Kier alpha value is -2.76. The standard InChI is InChI=1S/C18H21N3O3/c1-11-5-12-6-16(23-2)13(7-17(12)24-11)9-21-18(22)8-15-4-3-14(19)10-20-15/h3-4,6-7,10-11H,5,8-9,19H2,1-2H3,(H,21,22). The number of carbonyl (C=O) groups excluding carboxylic acids is 1. The molecular formula is C18H21N3O3. The molecule has 1 aromatic carbocycles. The zero-order chi connectivity index (χ0) is 17.1. The lowest BCUT2D eigenvalue weighted by Crippen LogP contribution is -2.25. The van der Waals surface area contributed by atoms with Gasteiger partial charge in [0.25, 0.3) is 0 Å². The Labute approximate surface area is 141 Å². The number of carbonyl (C=O) groups is 1. The zero-order valence-electron chi connectivity index (χ0n) is 13.8. The number of nitrogens with zero attached hydrogens (tertiary/aromatic N) is 1. The van der Waals surface area contributed by atoms with Crippen LogP contribution in [-0.2, 0) is 24.2 Å². The molecule has 24 heavy (non-hydrogen) atoms. The van der Waals surface area contributed by atoms with Gasteiger partial charge in [-0.3, -0.25) is 9.78 Å². The number of pyridine rings is 1. The second kappa shape index (κ2) is 6.78. The molecule has 0 spiro atoms. The molecular weight excluding hydrogens is 306 g/mol. The van der Waals surface area contributed by atoms with Crippen LogP contribution in [0.4, 0.5) is 5.69 Å². The van der Waals surface area contributed by atoms with Crippen LogP contribution in [0.5, 0.6) is 11.5 Å². The molecule has 2 aromatic rings. The number of ether oxygens (including phenoxy) is 2. The van der Waals surface area contributed by atoms with Crippen LogP contribution >= 0.6 is 0 Å². The van der Waals surface area contributed by atoms with Gasteiger partial charge in [-0.1, -0.05) is 0 Å². The Morgan fingerprint density at radius 3 is 3.00 bits per heavy atom. The van der Waals surface area contributed by atoms with Crippen LogP contribution in [-0.4, -0.2) is 24.1 Å². The number of rotatable bonds is 5. The predicted octanol–water partition coefficient (Wildman–Crippen LogP) is 1.85. The Morgan fingerprint density at radius 2 is 2.29 bits per heavy atom. The maximum atomic E-state index is 12.1. The number of methoxy groups -OCH3 is 1.